The molecule has 0 N–H and O–H groups in total. The van der Waals surface area contributed by atoms with Gasteiger partial charge in [0.15, 0.2) is 0 Å². The average molecular weight is 192 g/mol. The SMILES string of the molecule is O=COC1CC2CCC13CC=CCC23. The fourth-order valence-corrected chi connectivity index (χ4v) is 4.12. The van der Waals surface area contributed by atoms with Gasteiger partial charge in [0.2, 0.25) is 0 Å². The monoisotopic (exact) mass is 192 g/mol. The minimum absolute atomic E-state index is 0.216. The van der Waals surface area contributed by atoms with E-state index in [4.69, 9.17) is 4.74 Å². The minimum atomic E-state index is 0.216. The second kappa shape index (κ2) is 2.85. The highest BCUT2D eigenvalue weighted by molar-refractivity contribution is 5.38. The first-order valence-corrected chi connectivity index (χ1v) is 5.61. The number of rotatable bonds is 2. The highest BCUT2D eigenvalue weighted by atomic mass is 16.5. The Balaban J connectivity index is 1.93. The van der Waals surface area contributed by atoms with Crippen LogP contribution >= 0.6 is 0 Å². The summed E-state index contributed by atoms with van der Waals surface area (Å²) in [6, 6.07) is 0. The van der Waals surface area contributed by atoms with Crippen molar-refractivity contribution in [2.24, 2.45) is 17.3 Å². The van der Waals surface area contributed by atoms with Gasteiger partial charge in [-0.2, -0.15) is 0 Å². The molecule has 3 rings (SSSR count). The molecule has 0 aromatic heterocycles. The smallest absolute Gasteiger partial charge is 0.293 e. The summed E-state index contributed by atoms with van der Waals surface area (Å²) < 4.78 is 5.28. The van der Waals surface area contributed by atoms with Crippen molar-refractivity contribution in [3.05, 3.63) is 12.2 Å². The van der Waals surface area contributed by atoms with Gasteiger partial charge in [0.25, 0.3) is 6.47 Å². The summed E-state index contributed by atoms with van der Waals surface area (Å²) in [5.74, 6) is 1.63. The van der Waals surface area contributed by atoms with Gasteiger partial charge in [0.05, 0.1) is 0 Å². The molecule has 4 atom stereocenters. The van der Waals surface area contributed by atoms with Crippen LogP contribution in [0, 0.1) is 17.3 Å². The molecule has 0 aliphatic heterocycles. The van der Waals surface area contributed by atoms with Gasteiger partial charge in [0.1, 0.15) is 6.10 Å². The minimum Gasteiger partial charge on any atom is -0.464 e. The van der Waals surface area contributed by atoms with Crippen molar-refractivity contribution >= 4 is 6.47 Å². The van der Waals surface area contributed by atoms with E-state index in [1.807, 2.05) is 0 Å². The maximum atomic E-state index is 10.5. The maximum Gasteiger partial charge on any atom is 0.293 e. The lowest BCUT2D eigenvalue weighted by Crippen LogP contribution is -2.36. The molecule has 3 aliphatic rings. The van der Waals surface area contributed by atoms with Crippen molar-refractivity contribution in [3.8, 4) is 0 Å². The van der Waals surface area contributed by atoms with Crippen LogP contribution < -0.4 is 0 Å². The molecular weight excluding hydrogens is 176 g/mol. The predicted molar refractivity (Wildman–Crippen MR) is 52.6 cm³/mol. The third-order valence-electron chi connectivity index (χ3n) is 4.72. The molecular formula is C12H16O2. The van der Waals surface area contributed by atoms with Crippen LogP contribution in [0.1, 0.15) is 32.1 Å². The Morgan fingerprint density at radius 2 is 2.36 bits per heavy atom. The van der Waals surface area contributed by atoms with Gasteiger partial charge in [-0.3, -0.25) is 4.79 Å². The van der Waals surface area contributed by atoms with E-state index in [0.717, 1.165) is 24.7 Å². The standard InChI is InChI=1S/C12H16O2/c13-8-14-11-7-9-4-6-12(11)5-2-1-3-10(9)12/h1-2,8-11H,3-7H2. The summed E-state index contributed by atoms with van der Waals surface area (Å²) in [5.41, 5.74) is 0.334. The van der Waals surface area contributed by atoms with Crippen LogP contribution in [-0.2, 0) is 9.53 Å². The molecule has 3 aliphatic carbocycles. The Hall–Kier alpha value is -0.790. The van der Waals surface area contributed by atoms with Crippen molar-refractivity contribution in [3.63, 3.8) is 0 Å². The Morgan fingerprint density at radius 3 is 3.21 bits per heavy atom. The van der Waals surface area contributed by atoms with Gasteiger partial charge in [-0.05, 0) is 43.9 Å². The largest absolute Gasteiger partial charge is 0.464 e. The van der Waals surface area contributed by atoms with Crippen LogP contribution in [0.3, 0.4) is 0 Å². The first-order valence-electron chi connectivity index (χ1n) is 5.61. The van der Waals surface area contributed by atoms with Crippen LogP contribution in [-0.4, -0.2) is 12.6 Å². The van der Waals surface area contributed by atoms with Crippen LogP contribution in [0.15, 0.2) is 12.2 Å². The second-order valence-corrected chi connectivity index (χ2v) is 5.01. The van der Waals surface area contributed by atoms with E-state index >= 15 is 0 Å². The summed E-state index contributed by atoms with van der Waals surface area (Å²) in [4.78, 5) is 10.5. The topological polar surface area (TPSA) is 26.3 Å². The zero-order valence-electron chi connectivity index (χ0n) is 8.32. The van der Waals surface area contributed by atoms with Crippen LogP contribution in [0.2, 0.25) is 0 Å². The number of ether oxygens (including phenoxy) is 1. The number of carbonyl (C=O) groups is 1. The summed E-state index contributed by atoms with van der Waals surface area (Å²) in [5, 5.41) is 0. The molecule has 14 heavy (non-hydrogen) atoms. The molecule has 76 valence electrons. The molecule has 0 spiro atoms. The van der Waals surface area contributed by atoms with Gasteiger partial charge in [-0.15, -0.1) is 0 Å². The zero-order chi connectivity index (χ0) is 9.60. The summed E-state index contributed by atoms with van der Waals surface area (Å²) in [6.45, 7) is 0.648. The average Bonchev–Trinajstić information content (AvgIpc) is 2.72. The van der Waals surface area contributed by atoms with Gasteiger partial charge >= 0.3 is 0 Å². The van der Waals surface area contributed by atoms with Crippen LogP contribution in [0.25, 0.3) is 0 Å². The highest BCUT2D eigenvalue weighted by Gasteiger charge is 2.59. The molecule has 4 unspecified atom stereocenters. The Labute approximate surface area is 84.3 Å². The van der Waals surface area contributed by atoms with Crippen molar-refractivity contribution in [2.45, 2.75) is 38.2 Å². The van der Waals surface area contributed by atoms with Crippen LogP contribution in [0.5, 0.6) is 0 Å². The molecule has 0 saturated heterocycles. The highest BCUT2D eigenvalue weighted by Crippen LogP contribution is 2.63. The fourth-order valence-electron chi connectivity index (χ4n) is 4.12. The molecule has 0 aromatic rings. The third kappa shape index (κ3) is 0.891. The molecule has 0 aromatic carbocycles. The predicted octanol–water partition coefficient (Wildman–Crippen LogP) is 2.29. The molecule has 2 heteroatoms. The Bertz CT molecular complexity index is 284. The number of hydrogen-bond acceptors (Lipinski definition) is 2. The molecule has 2 fully saturated rings. The normalized spacial score (nSPS) is 49.0. The van der Waals surface area contributed by atoms with E-state index in [9.17, 15) is 4.79 Å². The van der Waals surface area contributed by atoms with Crippen molar-refractivity contribution in [1.29, 1.82) is 0 Å². The lowest BCUT2D eigenvalue weighted by atomic mass is 9.70. The van der Waals surface area contributed by atoms with Gasteiger partial charge in [-0.25, -0.2) is 0 Å². The molecule has 2 nitrogen and oxygen atoms in total. The fraction of sp³-hybridized carbons (Fsp3) is 0.750. The summed E-state index contributed by atoms with van der Waals surface area (Å²) in [6.07, 6.45) is 10.9. The molecule has 0 amide bonds. The van der Waals surface area contributed by atoms with Gasteiger partial charge in [-0.1, -0.05) is 12.2 Å². The zero-order valence-corrected chi connectivity index (χ0v) is 8.32. The van der Waals surface area contributed by atoms with Gasteiger partial charge < -0.3 is 4.74 Å². The molecule has 0 radical (unpaired) electrons. The van der Waals surface area contributed by atoms with E-state index in [0.29, 0.717) is 11.9 Å². The van der Waals surface area contributed by atoms with Gasteiger partial charge in [0, 0.05) is 5.41 Å². The van der Waals surface area contributed by atoms with Crippen molar-refractivity contribution in [1.82, 2.24) is 0 Å². The summed E-state index contributed by atoms with van der Waals surface area (Å²) >= 11 is 0. The Kier molecular flexibility index (Phi) is 1.73. The third-order valence-corrected chi connectivity index (χ3v) is 4.72. The van der Waals surface area contributed by atoms with Crippen molar-refractivity contribution < 1.29 is 9.53 Å². The number of hydrogen-bond donors (Lipinski definition) is 0. The molecule has 2 saturated carbocycles. The van der Waals surface area contributed by atoms with Crippen molar-refractivity contribution in [2.75, 3.05) is 0 Å². The van der Waals surface area contributed by atoms with Crippen LogP contribution in [0.4, 0.5) is 0 Å². The molecule has 0 heterocycles. The maximum absolute atomic E-state index is 10.5. The second-order valence-electron chi connectivity index (χ2n) is 5.01. The molecule has 2 bridgehead atoms. The van der Waals surface area contributed by atoms with E-state index in [2.05, 4.69) is 12.2 Å². The lowest BCUT2D eigenvalue weighted by Gasteiger charge is -2.37. The van der Waals surface area contributed by atoms with E-state index in [1.54, 1.807) is 0 Å². The van der Waals surface area contributed by atoms with E-state index in [1.165, 1.54) is 19.3 Å². The Morgan fingerprint density at radius 1 is 1.43 bits per heavy atom. The first-order chi connectivity index (χ1) is 6.87. The van der Waals surface area contributed by atoms with E-state index < -0.39 is 0 Å². The number of carbonyl (C=O) groups excluding carboxylic acids is 1. The summed E-state index contributed by atoms with van der Waals surface area (Å²) in [7, 11) is 0. The van der Waals surface area contributed by atoms with E-state index in [-0.39, 0.29) is 6.10 Å². The first kappa shape index (κ1) is 8.51. The number of allylic oxidation sites excluding steroid dienone is 2. The quantitative estimate of drug-likeness (QED) is 0.495. The lowest BCUT2D eigenvalue weighted by molar-refractivity contribution is -0.140.